The first kappa shape index (κ1) is 18.3. The van der Waals surface area contributed by atoms with Crippen LogP contribution in [-0.2, 0) is 24.3 Å². The molecule has 1 aliphatic heterocycles. The minimum atomic E-state index is -0.176. The number of fused-ring (bicyclic) bond motifs is 1. The van der Waals surface area contributed by atoms with Crippen LogP contribution in [0.15, 0.2) is 29.1 Å². The zero-order chi connectivity index (χ0) is 19.0. The van der Waals surface area contributed by atoms with Crippen molar-refractivity contribution in [3.05, 3.63) is 51.2 Å². The molecule has 0 bridgehead atoms. The Hall–Kier alpha value is -2.08. The smallest absolute Gasteiger partial charge is 0.346 e. The molecule has 6 nitrogen and oxygen atoms in total. The van der Waals surface area contributed by atoms with Gasteiger partial charge in [0.1, 0.15) is 12.4 Å². The van der Waals surface area contributed by atoms with E-state index in [4.69, 9.17) is 11.6 Å². The molecule has 0 spiro atoms. The first-order valence-corrected chi connectivity index (χ1v) is 10.1. The van der Waals surface area contributed by atoms with Gasteiger partial charge in [-0.05, 0) is 48.8 Å². The average molecular weight is 389 g/mol. The van der Waals surface area contributed by atoms with E-state index < -0.39 is 0 Å². The van der Waals surface area contributed by atoms with Crippen LogP contribution in [0, 0.1) is 11.8 Å². The summed E-state index contributed by atoms with van der Waals surface area (Å²) in [6, 6.07) is 7.56. The fraction of sp³-hybridized carbons (Fsp3) is 0.550. The van der Waals surface area contributed by atoms with Crippen molar-refractivity contribution >= 4 is 17.5 Å². The minimum Gasteiger partial charge on any atom is -0.347 e. The molecule has 3 unspecified atom stereocenters. The van der Waals surface area contributed by atoms with E-state index in [1.165, 1.54) is 4.68 Å². The number of carbonyl (C=O) groups is 1. The Morgan fingerprint density at radius 2 is 2.04 bits per heavy atom. The van der Waals surface area contributed by atoms with Crippen molar-refractivity contribution in [1.29, 1.82) is 0 Å². The lowest BCUT2D eigenvalue weighted by atomic mass is 10.0. The Morgan fingerprint density at radius 1 is 1.30 bits per heavy atom. The van der Waals surface area contributed by atoms with Crippen molar-refractivity contribution in [3.8, 4) is 0 Å². The van der Waals surface area contributed by atoms with E-state index in [-0.39, 0.29) is 24.2 Å². The summed E-state index contributed by atoms with van der Waals surface area (Å²) >= 11 is 6.00. The highest BCUT2D eigenvalue weighted by Crippen LogP contribution is 2.47. The summed E-state index contributed by atoms with van der Waals surface area (Å²) in [5.41, 5.74) is 0.875. The third-order valence-corrected chi connectivity index (χ3v) is 5.97. The number of hydrogen-bond donors (Lipinski definition) is 1. The number of nitrogens with one attached hydrogen (secondary N) is 1. The number of nitrogens with zero attached hydrogens (tertiary/aromatic N) is 3. The van der Waals surface area contributed by atoms with Gasteiger partial charge in [-0.15, -0.1) is 0 Å². The largest absolute Gasteiger partial charge is 0.347 e. The van der Waals surface area contributed by atoms with Gasteiger partial charge in [-0.2, -0.15) is 5.10 Å². The molecule has 1 aliphatic carbocycles. The summed E-state index contributed by atoms with van der Waals surface area (Å²) in [5, 5.41) is 8.21. The molecule has 4 rings (SSSR count). The first-order valence-electron chi connectivity index (χ1n) is 9.74. The quantitative estimate of drug-likeness (QED) is 0.856. The number of hydrogen-bond acceptors (Lipinski definition) is 3. The van der Waals surface area contributed by atoms with Crippen LogP contribution in [0.1, 0.15) is 50.0 Å². The average Bonchev–Trinajstić information content (AvgIpc) is 3.36. The monoisotopic (exact) mass is 388 g/mol. The summed E-state index contributed by atoms with van der Waals surface area (Å²) in [6.07, 6.45) is 5.04. The normalized spacial score (nSPS) is 22.6. The van der Waals surface area contributed by atoms with Gasteiger partial charge in [0.15, 0.2) is 0 Å². The van der Waals surface area contributed by atoms with E-state index in [2.05, 4.69) is 17.3 Å². The third kappa shape index (κ3) is 3.95. The number of aromatic nitrogens is 3. The maximum absolute atomic E-state index is 12.7. The van der Waals surface area contributed by atoms with Crippen molar-refractivity contribution in [1.82, 2.24) is 19.7 Å². The van der Waals surface area contributed by atoms with Crippen LogP contribution >= 0.6 is 11.6 Å². The third-order valence-electron chi connectivity index (χ3n) is 5.72. The second-order valence-electron chi connectivity index (χ2n) is 7.79. The standard InChI is InChI=1S/C20H25ClN4O2/c1-13-11-16(13)19(14-6-8-15(21)9-7-14)22-18(26)12-25-20(27)24-10-4-2-3-5-17(24)23-25/h6-9,13,16,19H,2-5,10-12H2,1H3,(H,22,26). The zero-order valence-corrected chi connectivity index (χ0v) is 16.3. The lowest BCUT2D eigenvalue weighted by Crippen LogP contribution is -2.36. The molecule has 27 heavy (non-hydrogen) atoms. The maximum atomic E-state index is 12.7. The van der Waals surface area contributed by atoms with E-state index in [1.54, 1.807) is 4.57 Å². The van der Waals surface area contributed by atoms with E-state index in [1.807, 2.05) is 24.3 Å². The highest BCUT2D eigenvalue weighted by Gasteiger charge is 2.41. The van der Waals surface area contributed by atoms with Crippen LogP contribution in [0.2, 0.25) is 5.02 Å². The molecular weight excluding hydrogens is 364 g/mol. The highest BCUT2D eigenvalue weighted by molar-refractivity contribution is 6.30. The summed E-state index contributed by atoms with van der Waals surface area (Å²) in [5.74, 6) is 1.63. The maximum Gasteiger partial charge on any atom is 0.346 e. The Bertz CT molecular complexity index is 886. The van der Waals surface area contributed by atoms with Crippen LogP contribution in [-0.4, -0.2) is 20.3 Å². The van der Waals surface area contributed by atoms with Crippen molar-refractivity contribution in [2.24, 2.45) is 11.8 Å². The molecule has 0 saturated heterocycles. The zero-order valence-electron chi connectivity index (χ0n) is 15.5. The number of aryl methyl sites for hydroxylation is 1. The highest BCUT2D eigenvalue weighted by atomic mass is 35.5. The molecular formula is C20H25ClN4O2. The van der Waals surface area contributed by atoms with Gasteiger partial charge in [0.2, 0.25) is 5.91 Å². The van der Waals surface area contributed by atoms with Gasteiger partial charge in [0, 0.05) is 18.0 Å². The van der Waals surface area contributed by atoms with Crippen LogP contribution < -0.4 is 11.0 Å². The molecule has 144 valence electrons. The molecule has 1 aromatic carbocycles. The van der Waals surface area contributed by atoms with E-state index in [0.29, 0.717) is 23.4 Å². The number of halogens is 1. The van der Waals surface area contributed by atoms with E-state index in [9.17, 15) is 9.59 Å². The molecule has 7 heteroatoms. The van der Waals surface area contributed by atoms with Crippen molar-refractivity contribution < 1.29 is 4.79 Å². The topological polar surface area (TPSA) is 68.9 Å². The molecule has 1 amide bonds. The van der Waals surface area contributed by atoms with Crippen LogP contribution in [0.5, 0.6) is 0 Å². The number of amides is 1. The molecule has 3 atom stereocenters. The molecule has 1 fully saturated rings. The molecule has 1 aromatic heterocycles. The fourth-order valence-corrected chi connectivity index (χ4v) is 4.13. The van der Waals surface area contributed by atoms with Gasteiger partial charge in [0.05, 0.1) is 6.04 Å². The summed E-state index contributed by atoms with van der Waals surface area (Å²) in [6.45, 7) is 2.85. The molecule has 2 heterocycles. The van der Waals surface area contributed by atoms with Crippen LogP contribution in [0.25, 0.3) is 0 Å². The van der Waals surface area contributed by atoms with E-state index >= 15 is 0 Å². The van der Waals surface area contributed by atoms with Gasteiger partial charge in [-0.3, -0.25) is 9.36 Å². The predicted molar refractivity (Wildman–Crippen MR) is 104 cm³/mol. The molecule has 1 saturated carbocycles. The van der Waals surface area contributed by atoms with Gasteiger partial charge in [-0.1, -0.05) is 37.1 Å². The summed E-state index contributed by atoms with van der Waals surface area (Å²) in [7, 11) is 0. The van der Waals surface area contributed by atoms with Gasteiger partial charge >= 0.3 is 5.69 Å². The fourth-order valence-electron chi connectivity index (χ4n) is 4.01. The van der Waals surface area contributed by atoms with Crippen LogP contribution in [0.3, 0.4) is 0 Å². The molecule has 1 N–H and O–H groups in total. The number of rotatable bonds is 5. The SMILES string of the molecule is CC1CC1C(NC(=O)Cn1nc2n(c1=O)CCCCC2)c1ccc(Cl)cc1. The van der Waals surface area contributed by atoms with Crippen molar-refractivity contribution in [2.75, 3.05) is 0 Å². The van der Waals surface area contributed by atoms with E-state index in [0.717, 1.165) is 43.5 Å². The van der Waals surface area contributed by atoms with Gasteiger partial charge < -0.3 is 5.32 Å². The Balaban J connectivity index is 1.49. The molecule has 2 aromatic rings. The summed E-state index contributed by atoms with van der Waals surface area (Å²) in [4.78, 5) is 25.3. The number of benzene rings is 1. The number of carbonyl (C=O) groups excluding carboxylic acids is 1. The first-order chi connectivity index (χ1) is 13.0. The molecule has 0 radical (unpaired) electrons. The summed E-state index contributed by atoms with van der Waals surface area (Å²) < 4.78 is 3.03. The van der Waals surface area contributed by atoms with Gasteiger partial charge in [0.25, 0.3) is 0 Å². The van der Waals surface area contributed by atoms with Gasteiger partial charge in [-0.25, -0.2) is 9.48 Å². The predicted octanol–water partition coefficient (Wildman–Crippen LogP) is 2.94. The van der Waals surface area contributed by atoms with Crippen LogP contribution in [0.4, 0.5) is 0 Å². The van der Waals surface area contributed by atoms with Crippen molar-refractivity contribution in [2.45, 2.75) is 58.2 Å². The lowest BCUT2D eigenvalue weighted by molar-refractivity contribution is -0.122. The lowest BCUT2D eigenvalue weighted by Gasteiger charge is -2.19. The van der Waals surface area contributed by atoms with Crippen molar-refractivity contribution in [3.63, 3.8) is 0 Å². The Kier molecular flexibility index (Phi) is 5.08. The Morgan fingerprint density at radius 3 is 2.74 bits per heavy atom. The minimum absolute atomic E-state index is 0.0377. The second kappa shape index (κ2) is 7.50. The second-order valence-corrected chi connectivity index (χ2v) is 8.23. The Labute approximate surface area is 163 Å². The molecule has 2 aliphatic rings.